The molecule has 0 aliphatic heterocycles. The van der Waals surface area contributed by atoms with Gasteiger partial charge in [-0.05, 0) is 15.9 Å². The molecular formula is C9H10BrNO3. The molecule has 0 spiro atoms. The predicted molar refractivity (Wildman–Crippen MR) is 56.9 cm³/mol. The van der Waals surface area contributed by atoms with Gasteiger partial charge >= 0.3 is 0 Å². The molecule has 76 valence electrons. The summed E-state index contributed by atoms with van der Waals surface area (Å²) in [5.41, 5.74) is 0.622. The number of amides is 1. The van der Waals surface area contributed by atoms with Crippen LogP contribution in [0.4, 0.5) is 5.69 Å². The number of carbonyl (C=O) groups excluding carboxylic acids is 1. The molecule has 4 nitrogen and oxygen atoms in total. The lowest BCUT2D eigenvalue weighted by atomic mass is 10.3. The zero-order valence-electron chi connectivity index (χ0n) is 7.83. The maximum atomic E-state index is 10.3. The van der Waals surface area contributed by atoms with Crippen molar-refractivity contribution in [1.29, 1.82) is 0 Å². The van der Waals surface area contributed by atoms with E-state index in [1.54, 1.807) is 26.4 Å². The van der Waals surface area contributed by atoms with E-state index in [0.717, 1.165) is 4.47 Å². The van der Waals surface area contributed by atoms with E-state index in [-0.39, 0.29) is 0 Å². The number of benzene rings is 1. The fourth-order valence-electron chi connectivity index (χ4n) is 1.02. The minimum absolute atomic E-state index is 0.599. The summed E-state index contributed by atoms with van der Waals surface area (Å²) in [4.78, 5) is 10.3. The molecule has 0 bridgehead atoms. The first-order valence-electron chi connectivity index (χ1n) is 3.84. The number of anilines is 1. The summed E-state index contributed by atoms with van der Waals surface area (Å²) < 4.78 is 10.9. The molecule has 14 heavy (non-hydrogen) atoms. The summed E-state index contributed by atoms with van der Waals surface area (Å²) in [5.74, 6) is 1.21. The van der Waals surface area contributed by atoms with E-state index in [2.05, 4.69) is 21.2 Å². The Bertz CT molecular complexity index is 316. The standard InChI is InChI=1S/C9H10BrNO3/c1-13-7-3-6(11-5-12)4-8(14-2)9(7)10/h3-5H,1-2H3,(H,11,12). The molecule has 1 aromatic carbocycles. The zero-order chi connectivity index (χ0) is 10.6. The van der Waals surface area contributed by atoms with Gasteiger partial charge in [0.15, 0.2) is 0 Å². The number of carbonyl (C=O) groups is 1. The third-order valence-corrected chi connectivity index (χ3v) is 2.45. The second kappa shape index (κ2) is 4.85. The van der Waals surface area contributed by atoms with Gasteiger partial charge in [0, 0.05) is 17.8 Å². The topological polar surface area (TPSA) is 47.6 Å². The Morgan fingerprint density at radius 1 is 1.29 bits per heavy atom. The van der Waals surface area contributed by atoms with Gasteiger partial charge in [0.2, 0.25) is 6.41 Å². The molecule has 0 heterocycles. The molecule has 0 aromatic heterocycles. The van der Waals surface area contributed by atoms with Crippen molar-refractivity contribution in [3.63, 3.8) is 0 Å². The van der Waals surface area contributed by atoms with Gasteiger partial charge in [0.25, 0.3) is 0 Å². The van der Waals surface area contributed by atoms with Gasteiger partial charge in [-0.15, -0.1) is 0 Å². The van der Waals surface area contributed by atoms with E-state index in [1.165, 1.54) is 0 Å². The molecule has 1 rings (SSSR count). The van der Waals surface area contributed by atoms with Gasteiger partial charge < -0.3 is 14.8 Å². The number of nitrogens with one attached hydrogen (secondary N) is 1. The summed E-state index contributed by atoms with van der Waals surface area (Å²) in [6.07, 6.45) is 0.599. The van der Waals surface area contributed by atoms with Crippen LogP contribution < -0.4 is 14.8 Å². The number of methoxy groups -OCH3 is 2. The zero-order valence-corrected chi connectivity index (χ0v) is 9.42. The van der Waals surface area contributed by atoms with Crippen molar-refractivity contribution >= 4 is 28.0 Å². The molecule has 0 saturated carbocycles. The van der Waals surface area contributed by atoms with Crippen molar-refractivity contribution in [3.8, 4) is 11.5 Å². The van der Waals surface area contributed by atoms with Crippen molar-refractivity contribution in [2.75, 3.05) is 19.5 Å². The highest BCUT2D eigenvalue weighted by molar-refractivity contribution is 9.10. The van der Waals surface area contributed by atoms with E-state index in [4.69, 9.17) is 9.47 Å². The van der Waals surface area contributed by atoms with Gasteiger partial charge in [-0.2, -0.15) is 0 Å². The molecule has 1 aromatic rings. The number of rotatable bonds is 4. The predicted octanol–water partition coefficient (Wildman–Crippen LogP) is 2.03. The normalized spacial score (nSPS) is 9.36. The van der Waals surface area contributed by atoms with Crippen LogP contribution in [0, 0.1) is 0 Å². The van der Waals surface area contributed by atoms with Crippen molar-refractivity contribution < 1.29 is 14.3 Å². The second-order valence-corrected chi connectivity index (χ2v) is 3.25. The van der Waals surface area contributed by atoms with E-state index in [9.17, 15) is 4.79 Å². The third-order valence-electron chi connectivity index (χ3n) is 1.67. The van der Waals surface area contributed by atoms with Crippen LogP contribution in [0.3, 0.4) is 0 Å². The van der Waals surface area contributed by atoms with Gasteiger partial charge in [-0.3, -0.25) is 4.79 Å². The van der Waals surface area contributed by atoms with Gasteiger partial charge in [0.1, 0.15) is 16.0 Å². The number of hydrogen-bond donors (Lipinski definition) is 1. The average molecular weight is 260 g/mol. The molecule has 1 N–H and O–H groups in total. The number of halogens is 1. The monoisotopic (exact) mass is 259 g/mol. The van der Waals surface area contributed by atoms with Crippen LogP contribution >= 0.6 is 15.9 Å². The van der Waals surface area contributed by atoms with E-state index < -0.39 is 0 Å². The number of hydrogen-bond acceptors (Lipinski definition) is 3. The first-order chi connectivity index (χ1) is 6.72. The Labute approximate surface area is 90.3 Å². The van der Waals surface area contributed by atoms with E-state index in [1.807, 2.05) is 0 Å². The average Bonchev–Trinajstić information content (AvgIpc) is 2.20. The van der Waals surface area contributed by atoms with Crippen molar-refractivity contribution in [2.24, 2.45) is 0 Å². The highest BCUT2D eigenvalue weighted by atomic mass is 79.9. The molecule has 5 heteroatoms. The Kier molecular flexibility index (Phi) is 3.76. The summed E-state index contributed by atoms with van der Waals surface area (Å²) in [6.45, 7) is 0. The van der Waals surface area contributed by atoms with E-state index in [0.29, 0.717) is 23.6 Å². The molecule has 0 atom stereocenters. The summed E-state index contributed by atoms with van der Waals surface area (Å²) >= 11 is 3.32. The fraction of sp³-hybridized carbons (Fsp3) is 0.222. The maximum absolute atomic E-state index is 10.3. The van der Waals surface area contributed by atoms with Crippen LogP contribution in [0.5, 0.6) is 11.5 Å². The van der Waals surface area contributed by atoms with Crippen LogP contribution in [0.15, 0.2) is 16.6 Å². The summed E-state index contributed by atoms with van der Waals surface area (Å²) in [5, 5.41) is 2.52. The van der Waals surface area contributed by atoms with Crippen molar-refractivity contribution in [2.45, 2.75) is 0 Å². The largest absolute Gasteiger partial charge is 0.495 e. The smallest absolute Gasteiger partial charge is 0.211 e. The van der Waals surface area contributed by atoms with Gasteiger partial charge in [-0.25, -0.2) is 0 Å². The van der Waals surface area contributed by atoms with Crippen LogP contribution in [-0.2, 0) is 4.79 Å². The van der Waals surface area contributed by atoms with Gasteiger partial charge in [-0.1, -0.05) is 0 Å². The highest BCUT2D eigenvalue weighted by Gasteiger charge is 2.09. The molecule has 0 unspecified atom stereocenters. The van der Waals surface area contributed by atoms with Crippen molar-refractivity contribution in [1.82, 2.24) is 0 Å². The first kappa shape index (κ1) is 10.8. The quantitative estimate of drug-likeness (QED) is 0.842. The first-order valence-corrected chi connectivity index (χ1v) is 4.64. The van der Waals surface area contributed by atoms with Gasteiger partial charge in [0.05, 0.1) is 14.2 Å². The molecular weight excluding hydrogens is 250 g/mol. The summed E-state index contributed by atoms with van der Waals surface area (Å²) in [7, 11) is 3.09. The molecule has 0 fully saturated rings. The highest BCUT2D eigenvalue weighted by Crippen LogP contribution is 2.37. The minimum Gasteiger partial charge on any atom is -0.495 e. The fourth-order valence-corrected chi connectivity index (χ4v) is 1.57. The lowest BCUT2D eigenvalue weighted by Gasteiger charge is -2.10. The molecule has 0 aliphatic rings. The molecule has 0 aliphatic carbocycles. The van der Waals surface area contributed by atoms with E-state index >= 15 is 0 Å². The molecule has 1 amide bonds. The van der Waals surface area contributed by atoms with Crippen molar-refractivity contribution in [3.05, 3.63) is 16.6 Å². The third kappa shape index (κ3) is 2.17. The molecule has 0 radical (unpaired) electrons. The number of ether oxygens (including phenoxy) is 2. The maximum Gasteiger partial charge on any atom is 0.211 e. The van der Waals surface area contributed by atoms with Crippen LogP contribution in [0.1, 0.15) is 0 Å². The molecule has 0 saturated heterocycles. The Morgan fingerprint density at radius 2 is 1.79 bits per heavy atom. The SMILES string of the molecule is COc1cc(NC=O)cc(OC)c1Br. The Hall–Kier alpha value is -1.23. The summed E-state index contributed by atoms with van der Waals surface area (Å²) in [6, 6.07) is 3.39. The Balaban J connectivity index is 3.17. The lowest BCUT2D eigenvalue weighted by Crippen LogP contribution is -1.97. The Morgan fingerprint density at radius 3 is 2.14 bits per heavy atom. The minimum atomic E-state index is 0.599. The van der Waals surface area contributed by atoms with Crippen LogP contribution in [0.25, 0.3) is 0 Å². The second-order valence-electron chi connectivity index (χ2n) is 2.46. The van der Waals surface area contributed by atoms with Crippen LogP contribution in [0.2, 0.25) is 0 Å². The lowest BCUT2D eigenvalue weighted by molar-refractivity contribution is -0.105. The van der Waals surface area contributed by atoms with Crippen LogP contribution in [-0.4, -0.2) is 20.6 Å².